The number of para-hydroxylation sites is 1. The highest BCUT2D eigenvalue weighted by atomic mass is 32.1. The van der Waals surface area contributed by atoms with Crippen LogP contribution in [-0.2, 0) is 13.6 Å². The van der Waals surface area contributed by atoms with E-state index in [1.165, 1.54) is 11.3 Å². The van der Waals surface area contributed by atoms with Gasteiger partial charge in [-0.2, -0.15) is 10.2 Å². The maximum atomic E-state index is 13.1. The molecule has 1 amide bonds. The van der Waals surface area contributed by atoms with Crippen LogP contribution in [0.1, 0.15) is 32.3 Å². The third-order valence-corrected chi connectivity index (χ3v) is 6.26. The van der Waals surface area contributed by atoms with E-state index in [-0.39, 0.29) is 5.91 Å². The second-order valence-corrected chi connectivity index (χ2v) is 8.13. The van der Waals surface area contributed by atoms with Crippen LogP contribution in [0.15, 0.2) is 36.4 Å². The molecule has 0 N–H and O–H groups in total. The number of benzene rings is 1. The Labute approximate surface area is 168 Å². The van der Waals surface area contributed by atoms with Crippen molar-refractivity contribution in [1.29, 1.82) is 0 Å². The van der Waals surface area contributed by atoms with Gasteiger partial charge in [0.1, 0.15) is 4.83 Å². The fourth-order valence-electron chi connectivity index (χ4n) is 3.44. The Bertz CT molecular complexity index is 1170. The number of aryl methyl sites for hydroxylation is 3. The third-order valence-electron chi connectivity index (χ3n) is 5.16. The molecule has 0 radical (unpaired) electrons. The molecule has 0 saturated heterocycles. The number of nitrogens with zero attached hydrogens (tertiary/aromatic N) is 5. The molecule has 0 aliphatic carbocycles. The minimum atomic E-state index is 0.0165. The summed E-state index contributed by atoms with van der Waals surface area (Å²) in [6.07, 6.45) is 0. The van der Waals surface area contributed by atoms with E-state index >= 15 is 0 Å². The Balaban J connectivity index is 1.66. The molecule has 0 atom stereocenters. The lowest BCUT2D eigenvalue weighted by Crippen LogP contribution is -2.26. The van der Waals surface area contributed by atoms with Crippen LogP contribution in [0.5, 0.6) is 0 Å². The summed E-state index contributed by atoms with van der Waals surface area (Å²) < 4.78 is 3.78. The number of fused-ring (bicyclic) bond motifs is 1. The molecular weight excluding hydrogens is 370 g/mol. The number of thiophene rings is 1. The highest BCUT2D eigenvalue weighted by Gasteiger charge is 2.21. The van der Waals surface area contributed by atoms with Crippen molar-refractivity contribution in [3.8, 4) is 5.69 Å². The summed E-state index contributed by atoms with van der Waals surface area (Å²) in [7, 11) is 3.77. The average Bonchev–Trinajstić information content (AvgIpc) is 3.32. The lowest BCUT2D eigenvalue weighted by molar-refractivity contribution is 0.0789. The van der Waals surface area contributed by atoms with Gasteiger partial charge in [0.25, 0.3) is 5.91 Å². The van der Waals surface area contributed by atoms with Crippen LogP contribution in [0, 0.1) is 20.8 Å². The van der Waals surface area contributed by atoms with Crippen LogP contribution in [-0.4, -0.2) is 37.4 Å². The molecule has 0 aliphatic heterocycles. The van der Waals surface area contributed by atoms with E-state index in [1.54, 1.807) is 4.90 Å². The van der Waals surface area contributed by atoms with E-state index in [1.807, 2.05) is 80.6 Å². The Kier molecular flexibility index (Phi) is 4.55. The Morgan fingerprint density at radius 3 is 2.46 bits per heavy atom. The molecule has 3 aromatic heterocycles. The third kappa shape index (κ3) is 3.01. The first kappa shape index (κ1) is 18.4. The molecule has 28 heavy (non-hydrogen) atoms. The molecule has 1 aromatic carbocycles. The first-order valence-electron chi connectivity index (χ1n) is 9.16. The molecule has 0 unspecified atom stereocenters. The van der Waals surface area contributed by atoms with E-state index in [0.29, 0.717) is 6.54 Å². The summed E-state index contributed by atoms with van der Waals surface area (Å²) >= 11 is 1.49. The minimum absolute atomic E-state index is 0.0165. The molecule has 144 valence electrons. The van der Waals surface area contributed by atoms with Gasteiger partial charge >= 0.3 is 0 Å². The molecule has 4 rings (SSSR count). The predicted molar refractivity (Wildman–Crippen MR) is 112 cm³/mol. The van der Waals surface area contributed by atoms with Crippen LogP contribution in [0.4, 0.5) is 0 Å². The summed E-state index contributed by atoms with van der Waals surface area (Å²) in [6.45, 7) is 6.54. The number of hydrogen-bond donors (Lipinski definition) is 0. The Morgan fingerprint density at radius 2 is 1.82 bits per heavy atom. The van der Waals surface area contributed by atoms with Gasteiger partial charge in [-0.15, -0.1) is 11.3 Å². The summed E-state index contributed by atoms with van der Waals surface area (Å²) in [4.78, 5) is 16.6. The zero-order chi connectivity index (χ0) is 20.0. The molecule has 0 saturated carbocycles. The van der Waals surface area contributed by atoms with Crippen LogP contribution in [0.2, 0.25) is 0 Å². The van der Waals surface area contributed by atoms with Crippen molar-refractivity contribution in [3.63, 3.8) is 0 Å². The molecule has 7 heteroatoms. The number of hydrogen-bond acceptors (Lipinski definition) is 4. The summed E-state index contributed by atoms with van der Waals surface area (Å²) in [6, 6.07) is 12.0. The van der Waals surface area contributed by atoms with Gasteiger partial charge < -0.3 is 4.90 Å². The van der Waals surface area contributed by atoms with E-state index < -0.39 is 0 Å². The molecule has 4 aromatic rings. The fourth-order valence-corrected chi connectivity index (χ4v) is 4.62. The van der Waals surface area contributed by atoms with Crippen LogP contribution in [0.25, 0.3) is 15.9 Å². The van der Waals surface area contributed by atoms with E-state index in [2.05, 4.69) is 10.2 Å². The van der Waals surface area contributed by atoms with Crippen molar-refractivity contribution in [2.45, 2.75) is 27.3 Å². The van der Waals surface area contributed by atoms with Crippen molar-refractivity contribution in [2.75, 3.05) is 7.05 Å². The minimum Gasteiger partial charge on any atom is -0.337 e. The normalized spacial score (nSPS) is 11.3. The van der Waals surface area contributed by atoms with Crippen molar-refractivity contribution >= 4 is 27.5 Å². The van der Waals surface area contributed by atoms with E-state index in [0.717, 1.165) is 43.4 Å². The monoisotopic (exact) mass is 393 g/mol. The zero-order valence-electron chi connectivity index (χ0n) is 16.7. The van der Waals surface area contributed by atoms with Gasteiger partial charge in [0.05, 0.1) is 22.0 Å². The number of amides is 1. The summed E-state index contributed by atoms with van der Waals surface area (Å²) in [5.41, 5.74) is 5.08. The molecule has 0 spiro atoms. The van der Waals surface area contributed by atoms with Gasteiger partial charge in [-0.25, -0.2) is 4.68 Å². The Morgan fingerprint density at radius 1 is 1.11 bits per heavy atom. The number of carbonyl (C=O) groups excluding carboxylic acids is 1. The number of rotatable bonds is 4. The lowest BCUT2D eigenvalue weighted by Gasteiger charge is -2.16. The lowest BCUT2D eigenvalue weighted by atomic mass is 10.2. The Hall–Kier alpha value is -2.93. The smallest absolute Gasteiger partial charge is 0.264 e. The zero-order valence-corrected chi connectivity index (χ0v) is 17.5. The molecule has 0 fully saturated rings. The van der Waals surface area contributed by atoms with Gasteiger partial charge in [-0.1, -0.05) is 18.2 Å². The van der Waals surface area contributed by atoms with Crippen LogP contribution in [0.3, 0.4) is 0 Å². The number of aromatic nitrogens is 4. The first-order chi connectivity index (χ1) is 13.4. The second kappa shape index (κ2) is 6.91. The topological polar surface area (TPSA) is 56.0 Å². The molecule has 0 bridgehead atoms. The maximum Gasteiger partial charge on any atom is 0.264 e. The van der Waals surface area contributed by atoms with Gasteiger partial charge in [0, 0.05) is 37.3 Å². The van der Waals surface area contributed by atoms with Crippen molar-refractivity contribution < 1.29 is 4.79 Å². The molecular formula is C21H23N5OS. The summed E-state index contributed by atoms with van der Waals surface area (Å²) in [5, 5.41) is 10.1. The highest BCUT2D eigenvalue weighted by Crippen LogP contribution is 2.31. The van der Waals surface area contributed by atoms with Crippen molar-refractivity contribution in [2.24, 2.45) is 7.05 Å². The van der Waals surface area contributed by atoms with Crippen molar-refractivity contribution in [3.05, 3.63) is 63.9 Å². The fraction of sp³-hybridized carbons (Fsp3) is 0.286. The molecule has 6 nitrogen and oxygen atoms in total. The maximum absolute atomic E-state index is 13.1. The van der Waals surface area contributed by atoms with Gasteiger partial charge in [-0.3, -0.25) is 9.48 Å². The summed E-state index contributed by atoms with van der Waals surface area (Å²) in [5.74, 6) is 0.0165. The predicted octanol–water partition coefficient (Wildman–Crippen LogP) is 4.02. The number of carbonyl (C=O) groups is 1. The van der Waals surface area contributed by atoms with E-state index in [9.17, 15) is 4.79 Å². The molecule has 0 aliphatic rings. The highest BCUT2D eigenvalue weighted by molar-refractivity contribution is 7.20. The van der Waals surface area contributed by atoms with E-state index in [4.69, 9.17) is 0 Å². The van der Waals surface area contributed by atoms with Crippen LogP contribution < -0.4 is 0 Å². The SMILES string of the molecule is Cc1nn(C)c(C)c1CN(C)C(=O)c1cc2c(C)nn(-c3ccccc3)c2s1. The molecule has 3 heterocycles. The van der Waals surface area contributed by atoms with Gasteiger partial charge in [-0.05, 0) is 39.0 Å². The second-order valence-electron chi connectivity index (χ2n) is 7.10. The van der Waals surface area contributed by atoms with Gasteiger partial charge in [0.2, 0.25) is 0 Å². The quantitative estimate of drug-likeness (QED) is 0.526. The standard InChI is InChI=1S/C21H23N5OS/c1-13-17-11-19(28-21(17)26(23-13)16-9-7-6-8-10-16)20(27)24(4)12-18-14(2)22-25(5)15(18)3/h6-11H,12H2,1-5H3. The average molecular weight is 394 g/mol. The first-order valence-corrected chi connectivity index (χ1v) is 9.97. The van der Waals surface area contributed by atoms with Gasteiger partial charge in [0.15, 0.2) is 0 Å². The van der Waals surface area contributed by atoms with Crippen molar-refractivity contribution in [1.82, 2.24) is 24.5 Å². The van der Waals surface area contributed by atoms with Crippen LogP contribution >= 0.6 is 11.3 Å². The largest absolute Gasteiger partial charge is 0.337 e.